The van der Waals surface area contributed by atoms with Crippen LogP contribution in [0.5, 0.6) is 5.75 Å². The summed E-state index contributed by atoms with van der Waals surface area (Å²) >= 11 is 6.57. The summed E-state index contributed by atoms with van der Waals surface area (Å²) in [5.74, 6) is 2.54. The van der Waals surface area contributed by atoms with Crippen LogP contribution in [-0.2, 0) is 6.42 Å². The second-order valence-corrected chi connectivity index (χ2v) is 8.20. The molecule has 2 heterocycles. The van der Waals surface area contributed by atoms with Crippen LogP contribution < -0.4 is 10.1 Å². The third kappa shape index (κ3) is 3.58. The fraction of sp³-hybridized carbons (Fsp3) is 0.450. The minimum Gasteiger partial charge on any atom is -0.493 e. The van der Waals surface area contributed by atoms with Gasteiger partial charge in [0, 0.05) is 18.4 Å². The van der Waals surface area contributed by atoms with Crippen LogP contribution in [0.25, 0.3) is 5.65 Å². The van der Waals surface area contributed by atoms with E-state index in [2.05, 4.69) is 20.6 Å². The maximum Gasteiger partial charge on any atom is 0.198 e. The Kier molecular flexibility index (Phi) is 4.16. The first-order valence-corrected chi connectivity index (χ1v) is 9.91. The van der Waals surface area contributed by atoms with Gasteiger partial charge in [0.15, 0.2) is 11.5 Å². The Morgan fingerprint density at radius 1 is 1.19 bits per heavy atom. The van der Waals surface area contributed by atoms with Crippen LogP contribution in [0, 0.1) is 11.3 Å². The zero-order valence-electron chi connectivity index (χ0n) is 15.1. The normalized spacial score (nSPS) is 17.8. The van der Waals surface area contributed by atoms with Gasteiger partial charge in [0.05, 0.1) is 18.5 Å². The van der Waals surface area contributed by atoms with E-state index in [1.54, 1.807) is 10.7 Å². The molecule has 3 aromatic rings. The molecule has 140 valence electrons. The molecule has 0 atom stereocenters. The zero-order valence-corrected chi connectivity index (χ0v) is 15.8. The second-order valence-electron chi connectivity index (χ2n) is 7.83. The van der Waals surface area contributed by atoms with Crippen LogP contribution in [0.3, 0.4) is 0 Å². The van der Waals surface area contributed by atoms with Crippen molar-refractivity contribution < 1.29 is 4.74 Å². The molecule has 0 aliphatic heterocycles. The van der Waals surface area contributed by atoms with E-state index in [0.717, 1.165) is 49.0 Å². The average Bonchev–Trinajstić information content (AvgIpc) is 3.61. The van der Waals surface area contributed by atoms with Crippen molar-refractivity contribution in [1.82, 2.24) is 19.8 Å². The van der Waals surface area contributed by atoms with Crippen molar-refractivity contribution in [2.45, 2.75) is 32.1 Å². The highest BCUT2D eigenvalue weighted by atomic mass is 35.5. The van der Waals surface area contributed by atoms with E-state index in [4.69, 9.17) is 16.3 Å². The molecule has 0 bridgehead atoms. The Balaban J connectivity index is 1.25. The highest BCUT2D eigenvalue weighted by Gasteiger charge is 2.43. The molecular weight excluding hydrogens is 362 g/mol. The summed E-state index contributed by atoms with van der Waals surface area (Å²) in [5, 5.41) is 17.1. The molecule has 0 saturated heterocycles. The molecule has 1 aromatic carbocycles. The quantitative estimate of drug-likeness (QED) is 0.636. The zero-order chi connectivity index (χ0) is 18.3. The number of nitrogens with one attached hydrogen (secondary N) is 1. The van der Waals surface area contributed by atoms with E-state index < -0.39 is 0 Å². The summed E-state index contributed by atoms with van der Waals surface area (Å²) in [6.07, 6.45) is 7.55. The summed E-state index contributed by atoms with van der Waals surface area (Å²) in [6.45, 7) is 1.51. The van der Waals surface area contributed by atoms with E-state index >= 15 is 0 Å². The van der Waals surface area contributed by atoms with E-state index in [9.17, 15) is 0 Å². The smallest absolute Gasteiger partial charge is 0.198 e. The van der Waals surface area contributed by atoms with Crippen molar-refractivity contribution in [3.8, 4) is 5.75 Å². The number of aromatic nitrogens is 4. The Morgan fingerprint density at radius 2 is 2.00 bits per heavy atom. The van der Waals surface area contributed by atoms with Crippen LogP contribution >= 0.6 is 11.6 Å². The van der Waals surface area contributed by atoms with Crippen LogP contribution in [0.1, 0.15) is 31.5 Å². The monoisotopic (exact) mass is 383 g/mol. The average molecular weight is 384 g/mol. The van der Waals surface area contributed by atoms with E-state index in [1.165, 1.54) is 12.8 Å². The SMILES string of the molecule is Clc1c(NCC2(COc3ccccc3)CC2)cnn2c(CC3CC3)nnc12. The third-order valence-electron chi connectivity index (χ3n) is 5.51. The minimum atomic E-state index is 0.163. The largest absolute Gasteiger partial charge is 0.493 e. The first-order chi connectivity index (χ1) is 13.2. The van der Waals surface area contributed by atoms with Gasteiger partial charge in [-0.2, -0.15) is 9.61 Å². The molecule has 7 heteroatoms. The third-order valence-corrected chi connectivity index (χ3v) is 5.88. The van der Waals surface area contributed by atoms with Gasteiger partial charge < -0.3 is 10.1 Å². The van der Waals surface area contributed by atoms with Crippen LogP contribution in [0.2, 0.25) is 5.02 Å². The first-order valence-electron chi connectivity index (χ1n) is 9.53. The molecule has 0 amide bonds. The number of halogens is 1. The topological polar surface area (TPSA) is 64.3 Å². The second kappa shape index (κ2) is 6.68. The molecule has 2 aliphatic rings. The lowest BCUT2D eigenvalue weighted by atomic mass is 10.1. The summed E-state index contributed by atoms with van der Waals surface area (Å²) in [6, 6.07) is 9.95. The van der Waals surface area contributed by atoms with Crippen LogP contribution in [0.15, 0.2) is 36.5 Å². The van der Waals surface area contributed by atoms with Gasteiger partial charge >= 0.3 is 0 Å². The van der Waals surface area contributed by atoms with Crippen molar-refractivity contribution in [3.63, 3.8) is 0 Å². The van der Waals surface area contributed by atoms with Gasteiger partial charge in [-0.15, -0.1) is 10.2 Å². The standard InChI is InChI=1S/C20H22ClN5O/c21-18-16(11-23-26-17(10-14-6-7-14)24-25-19(18)26)22-12-20(8-9-20)13-27-15-4-2-1-3-5-15/h1-5,11,14,22H,6-10,12-13H2. The fourth-order valence-corrected chi connectivity index (χ4v) is 3.51. The summed E-state index contributed by atoms with van der Waals surface area (Å²) in [7, 11) is 0. The molecule has 0 spiro atoms. The number of ether oxygens (including phenoxy) is 1. The van der Waals surface area contributed by atoms with Gasteiger partial charge in [0.1, 0.15) is 10.8 Å². The summed E-state index contributed by atoms with van der Waals surface area (Å²) < 4.78 is 7.73. The molecule has 0 unspecified atom stereocenters. The lowest BCUT2D eigenvalue weighted by Gasteiger charge is -2.18. The van der Waals surface area contributed by atoms with Gasteiger partial charge in [-0.25, -0.2) is 0 Å². The number of nitrogens with zero attached hydrogens (tertiary/aromatic N) is 4. The molecule has 27 heavy (non-hydrogen) atoms. The molecule has 2 saturated carbocycles. The van der Waals surface area contributed by atoms with Crippen molar-refractivity contribution in [2.24, 2.45) is 11.3 Å². The van der Waals surface area contributed by atoms with Crippen molar-refractivity contribution in [1.29, 1.82) is 0 Å². The Bertz CT molecular complexity index is 950. The van der Waals surface area contributed by atoms with E-state index in [0.29, 0.717) is 17.3 Å². The number of anilines is 1. The minimum absolute atomic E-state index is 0.163. The maximum atomic E-state index is 6.57. The van der Waals surface area contributed by atoms with Crippen LogP contribution in [0.4, 0.5) is 5.69 Å². The van der Waals surface area contributed by atoms with Gasteiger partial charge in [-0.3, -0.25) is 0 Å². The van der Waals surface area contributed by atoms with Crippen molar-refractivity contribution in [3.05, 3.63) is 47.4 Å². The Morgan fingerprint density at radius 3 is 2.74 bits per heavy atom. The number of hydrogen-bond donors (Lipinski definition) is 1. The number of hydrogen-bond acceptors (Lipinski definition) is 5. The van der Waals surface area contributed by atoms with E-state index in [1.807, 2.05) is 30.3 Å². The molecule has 2 fully saturated rings. The molecule has 2 aliphatic carbocycles. The Labute approximate surface area is 162 Å². The predicted octanol–water partition coefficient (Wildman–Crippen LogP) is 4.00. The summed E-state index contributed by atoms with van der Waals surface area (Å²) in [4.78, 5) is 0. The van der Waals surface area contributed by atoms with Gasteiger partial charge in [0.25, 0.3) is 0 Å². The van der Waals surface area contributed by atoms with Crippen LogP contribution in [-0.4, -0.2) is 33.0 Å². The van der Waals surface area contributed by atoms with Gasteiger partial charge in [-0.05, 0) is 43.7 Å². The molecule has 1 N–H and O–H groups in total. The predicted molar refractivity (Wildman–Crippen MR) is 104 cm³/mol. The first kappa shape index (κ1) is 16.8. The number of fused-ring (bicyclic) bond motifs is 1. The van der Waals surface area contributed by atoms with Gasteiger partial charge in [0.2, 0.25) is 0 Å². The lowest BCUT2D eigenvalue weighted by molar-refractivity contribution is 0.242. The Hall–Kier alpha value is -2.34. The van der Waals surface area contributed by atoms with Gasteiger partial charge in [-0.1, -0.05) is 29.8 Å². The highest BCUT2D eigenvalue weighted by Crippen LogP contribution is 2.46. The van der Waals surface area contributed by atoms with Crippen molar-refractivity contribution >= 4 is 22.9 Å². The number of rotatable bonds is 8. The number of para-hydroxylation sites is 1. The molecule has 0 radical (unpaired) electrons. The van der Waals surface area contributed by atoms with E-state index in [-0.39, 0.29) is 5.41 Å². The summed E-state index contributed by atoms with van der Waals surface area (Å²) in [5.41, 5.74) is 1.60. The van der Waals surface area contributed by atoms with Crippen molar-refractivity contribution in [2.75, 3.05) is 18.5 Å². The fourth-order valence-electron chi connectivity index (χ4n) is 3.28. The molecule has 5 rings (SSSR count). The highest BCUT2D eigenvalue weighted by molar-refractivity contribution is 6.36. The molecular formula is C20H22ClN5O. The molecule has 6 nitrogen and oxygen atoms in total. The molecule has 2 aromatic heterocycles. The maximum absolute atomic E-state index is 6.57. The lowest BCUT2D eigenvalue weighted by Crippen LogP contribution is -2.23. The number of benzene rings is 1.